The van der Waals surface area contributed by atoms with Gasteiger partial charge in [0, 0.05) is 13.0 Å². The van der Waals surface area contributed by atoms with E-state index in [0.29, 0.717) is 18.9 Å². The van der Waals surface area contributed by atoms with Gasteiger partial charge in [-0.2, -0.15) is 4.90 Å². The minimum absolute atomic E-state index is 0.00168. The van der Waals surface area contributed by atoms with E-state index in [4.69, 9.17) is 14.2 Å². The van der Waals surface area contributed by atoms with Crippen molar-refractivity contribution in [1.82, 2.24) is 9.88 Å². The summed E-state index contributed by atoms with van der Waals surface area (Å²) < 4.78 is 16.4. The molecule has 9 heteroatoms. The van der Waals surface area contributed by atoms with Gasteiger partial charge in [0.1, 0.15) is 17.0 Å². The monoisotopic (exact) mass is 433 g/mol. The van der Waals surface area contributed by atoms with Crippen LogP contribution in [-0.4, -0.2) is 59.4 Å². The molecule has 9 nitrogen and oxygen atoms in total. The van der Waals surface area contributed by atoms with E-state index >= 15 is 0 Å². The van der Waals surface area contributed by atoms with Gasteiger partial charge >= 0.3 is 12.2 Å². The van der Waals surface area contributed by atoms with Crippen molar-refractivity contribution in [2.24, 2.45) is 5.92 Å². The van der Waals surface area contributed by atoms with Crippen LogP contribution in [0.5, 0.6) is 0 Å². The van der Waals surface area contributed by atoms with Crippen LogP contribution < -0.4 is 4.90 Å². The molecular weight excluding hydrogens is 402 g/mol. The van der Waals surface area contributed by atoms with Crippen LogP contribution >= 0.6 is 0 Å². The molecule has 3 heterocycles. The molecule has 3 rings (SSSR count). The van der Waals surface area contributed by atoms with Crippen LogP contribution in [0.4, 0.5) is 15.4 Å². The molecule has 3 amide bonds. The number of nitrogens with zero attached hydrogens (tertiary/aromatic N) is 3. The van der Waals surface area contributed by atoms with Gasteiger partial charge < -0.3 is 19.1 Å². The molecule has 1 aromatic heterocycles. The fourth-order valence-electron chi connectivity index (χ4n) is 3.66. The Labute approximate surface area is 182 Å². The topological polar surface area (TPSA) is 98.3 Å². The maximum atomic E-state index is 12.9. The Kier molecular flexibility index (Phi) is 6.01. The molecule has 2 aliphatic rings. The predicted octanol–water partition coefficient (Wildman–Crippen LogP) is 3.46. The van der Waals surface area contributed by atoms with Crippen molar-refractivity contribution in [3.05, 3.63) is 23.4 Å². The predicted molar refractivity (Wildman–Crippen MR) is 113 cm³/mol. The number of hydrogen-bond donors (Lipinski definition) is 0. The van der Waals surface area contributed by atoms with Crippen molar-refractivity contribution in [2.75, 3.05) is 25.2 Å². The molecule has 0 saturated carbocycles. The Morgan fingerprint density at radius 1 is 1.03 bits per heavy atom. The summed E-state index contributed by atoms with van der Waals surface area (Å²) in [6.45, 7) is 11.3. The molecular formula is C22H31N3O6. The van der Waals surface area contributed by atoms with Crippen LogP contribution in [0, 0.1) is 5.92 Å². The largest absolute Gasteiger partial charge is 0.443 e. The first-order chi connectivity index (χ1) is 14.3. The van der Waals surface area contributed by atoms with Crippen LogP contribution in [0.25, 0.3) is 0 Å². The van der Waals surface area contributed by atoms with E-state index in [1.807, 2.05) is 0 Å². The molecule has 0 spiro atoms. The lowest BCUT2D eigenvalue weighted by molar-refractivity contribution is -0.134. The van der Waals surface area contributed by atoms with Crippen LogP contribution in [0.3, 0.4) is 0 Å². The van der Waals surface area contributed by atoms with Gasteiger partial charge in [0.15, 0.2) is 0 Å². The van der Waals surface area contributed by atoms with Crippen LogP contribution in [0.2, 0.25) is 0 Å². The lowest BCUT2D eigenvalue weighted by Gasteiger charge is -2.28. The van der Waals surface area contributed by atoms with Crippen molar-refractivity contribution in [1.29, 1.82) is 0 Å². The van der Waals surface area contributed by atoms with E-state index in [-0.39, 0.29) is 30.1 Å². The van der Waals surface area contributed by atoms with Gasteiger partial charge in [-0.1, -0.05) is 6.07 Å². The second-order valence-corrected chi connectivity index (χ2v) is 9.95. The molecule has 0 N–H and O–H groups in total. The summed E-state index contributed by atoms with van der Waals surface area (Å²) in [7, 11) is 1.71. The minimum Gasteiger partial charge on any atom is -0.443 e. The van der Waals surface area contributed by atoms with Gasteiger partial charge in [-0.3, -0.25) is 4.79 Å². The van der Waals surface area contributed by atoms with Gasteiger partial charge in [-0.05, 0) is 53.2 Å². The Hall–Kier alpha value is -2.68. The number of rotatable bonds is 1. The number of carbonyl (C=O) groups excluding carboxylic acids is 3. The second-order valence-electron chi connectivity index (χ2n) is 9.95. The van der Waals surface area contributed by atoms with Crippen LogP contribution in [0.15, 0.2) is 12.1 Å². The number of carbonyl (C=O) groups is 3. The number of imide groups is 1. The maximum Gasteiger partial charge on any atom is 0.425 e. The van der Waals surface area contributed by atoms with E-state index in [2.05, 4.69) is 4.98 Å². The average molecular weight is 434 g/mol. The molecule has 2 unspecified atom stereocenters. The SMILES string of the molecule is CN1Cc2nc(N(C(=O)OC(C)(C)C)C(=O)OC(C)(C)C)ccc2C2COCC2C1=O. The summed E-state index contributed by atoms with van der Waals surface area (Å²) in [5.41, 5.74) is -0.130. The summed E-state index contributed by atoms with van der Waals surface area (Å²) in [6.07, 6.45) is -1.76. The maximum absolute atomic E-state index is 12.9. The molecule has 1 aromatic rings. The summed E-state index contributed by atoms with van der Waals surface area (Å²) in [4.78, 5) is 45.5. The fourth-order valence-corrected chi connectivity index (χ4v) is 3.66. The van der Waals surface area contributed by atoms with Crippen molar-refractivity contribution < 1.29 is 28.6 Å². The first kappa shape index (κ1) is 23.0. The highest BCUT2D eigenvalue weighted by Gasteiger charge is 2.41. The number of pyridine rings is 1. The van der Waals surface area contributed by atoms with Crippen molar-refractivity contribution in [3.8, 4) is 0 Å². The first-order valence-electron chi connectivity index (χ1n) is 10.4. The van der Waals surface area contributed by atoms with Gasteiger partial charge in [-0.15, -0.1) is 0 Å². The van der Waals surface area contributed by atoms with E-state index in [1.54, 1.807) is 65.6 Å². The third-order valence-corrected chi connectivity index (χ3v) is 4.94. The lowest BCUT2D eigenvalue weighted by atomic mass is 9.88. The van der Waals surface area contributed by atoms with Gasteiger partial charge in [0.2, 0.25) is 5.91 Å². The molecule has 1 saturated heterocycles. The lowest BCUT2D eigenvalue weighted by Crippen LogP contribution is -2.44. The number of amides is 3. The van der Waals surface area contributed by atoms with Crippen molar-refractivity contribution in [3.63, 3.8) is 0 Å². The minimum atomic E-state index is -0.880. The summed E-state index contributed by atoms with van der Waals surface area (Å²) >= 11 is 0. The first-order valence-corrected chi connectivity index (χ1v) is 10.4. The third-order valence-electron chi connectivity index (χ3n) is 4.94. The molecule has 1 fully saturated rings. The molecule has 2 aliphatic heterocycles. The Bertz CT molecular complexity index is 858. The van der Waals surface area contributed by atoms with Crippen molar-refractivity contribution in [2.45, 2.75) is 65.2 Å². The van der Waals surface area contributed by atoms with E-state index in [9.17, 15) is 14.4 Å². The van der Waals surface area contributed by atoms with Gasteiger partial charge in [0.05, 0.1) is 31.4 Å². The quantitative estimate of drug-likeness (QED) is 0.669. The number of fused-ring (bicyclic) bond motifs is 3. The number of anilines is 1. The molecule has 0 radical (unpaired) electrons. The van der Waals surface area contributed by atoms with Crippen LogP contribution in [0.1, 0.15) is 58.7 Å². The smallest absolute Gasteiger partial charge is 0.425 e. The van der Waals surface area contributed by atoms with Gasteiger partial charge in [0.25, 0.3) is 0 Å². The number of hydrogen-bond acceptors (Lipinski definition) is 7. The number of aromatic nitrogens is 1. The van der Waals surface area contributed by atoms with Crippen LogP contribution in [-0.2, 0) is 25.5 Å². The Balaban J connectivity index is 2.02. The highest BCUT2D eigenvalue weighted by atomic mass is 16.6. The normalized spacial score (nSPS) is 21.1. The summed E-state index contributed by atoms with van der Waals surface area (Å²) in [5, 5.41) is 0. The standard InChI is InChI=1S/C22H31N3O6/c1-21(2,3)30-19(27)25(20(28)31-22(4,5)6)17-9-8-13-14-11-29-12-15(14)18(26)24(7)10-16(13)23-17/h8-9,14-15H,10-12H2,1-7H3. The van der Waals surface area contributed by atoms with Gasteiger partial charge in [-0.25, -0.2) is 14.6 Å². The fraction of sp³-hybridized carbons (Fsp3) is 0.636. The zero-order chi connectivity index (χ0) is 23.1. The highest BCUT2D eigenvalue weighted by Crippen LogP contribution is 2.37. The van der Waals surface area contributed by atoms with E-state index < -0.39 is 23.4 Å². The third kappa shape index (κ3) is 5.15. The molecule has 2 atom stereocenters. The zero-order valence-electron chi connectivity index (χ0n) is 19.2. The Morgan fingerprint density at radius 2 is 1.58 bits per heavy atom. The Morgan fingerprint density at radius 3 is 2.13 bits per heavy atom. The number of ether oxygens (including phenoxy) is 3. The second kappa shape index (κ2) is 8.11. The van der Waals surface area contributed by atoms with Crippen molar-refractivity contribution >= 4 is 23.9 Å². The zero-order valence-corrected chi connectivity index (χ0v) is 19.2. The average Bonchev–Trinajstić information content (AvgIpc) is 3.04. The highest BCUT2D eigenvalue weighted by molar-refractivity contribution is 6.08. The molecule has 170 valence electrons. The molecule has 0 bridgehead atoms. The summed E-state index contributed by atoms with van der Waals surface area (Å²) in [6, 6.07) is 3.38. The van der Waals surface area contributed by atoms with E-state index in [1.165, 1.54) is 0 Å². The molecule has 0 aliphatic carbocycles. The summed E-state index contributed by atoms with van der Waals surface area (Å²) in [5.74, 6) is -0.282. The molecule has 31 heavy (non-hydrogen) atoms. The van der Waals surface area contributed by atoms with E-state index in [0.717, 1.165) is 10.5 Å². The molecule has 0 aromatic carbocycles.